The minimum atomic E-state index is -2.33. The molecule has 70 valence electrons. The maximum absolute atomic E-state index is 12.8. The van der Waals surface area contributed by atoms with Crippen molar-refractivity contribution in [2.75, 3.05) is 0 Å². The van der Waals surface area contributed by atoms with E-state index in [0.29, 0.717) is 5.92 Å². The highest BCUT2D eigenvalue weighted by atomic mass is 19.3. The van der Waals surface area contributed by atoms with Gasteiger partial charge in [0.1, 0.15) is 0 Å². The normalized spacial score (nSPS) is 31.5. The molecule has 2 saturated carbocycles. The van der Waals surface area contributed by atoms with E-state index in [2.05, 4.69) is 0 Å². The second-order valence-corrected chi connectivity index (χ2v) is 4.38. The molecule has 0 heterocycles. The van der Waals surface area contributed by atoms with E-state index in [9.17, 15) is 8.78 Å². The van der Waals surface area contributed by atoms with Crippen LogP contribution in [0.3, 0.4) is 0 Å². The maximum Gasteiger partial charge on any atom is 0.248 e. The maximum atomic E-state index is 12.8. The van der Waals surface area contributed by atoms with Crippen LogP contribution in [0.1, 0.15) is 44.9 Å². The molecule has 0 aromatic carbocycles. The lowest BCUT2D eigenvalue weighted by molar-refractivity contribution is -0.0570. The summed E-state index contributed by atoms with van der Waals surface area (Å²) in [7, 11) is 0. The van der Waals surface area contributed by atoms with Gasteiger partial charge in [0.25, 0.3) is 0 Å². The minimum absolute atomic E-state index is 0.147. The van der Waals surface area contributed by atoms with Crippen LogP contribution in [0, 0.1) is 11.8 Å². The Balaban J connectivity index is 1.81. The van der Waals surface area contributed by atoms with Crippen molar-refractivity contribution in [3.8, 4) is 0 Å². The molecule has 0 bridgehead atoms. The molecule has 2 aliphatic rings. The quantitative estimate of drug-likeness (QED) is 0.569. The molecular weight excluding hydrogens is 158 g/mol. The van der Waals surface area contributed by atoms with Gasteiger partial charge in [0.15, 0.2) is 0 Å². The monoisotopic (exact) mass is 174 g/mol. The Hall–Kier alpha value is -0.140. The molecule has 0 aliphatic heterocycles. The van der Waals surface area contributed by atoms with Crippen LogP contribution in [0.5, 0.6) is 0 Å². The van der Waals surface area contributed by atoms with Gasteiger partial charge in [0.05, 0.1) is 0 Å². The van der Waals surface area contributed by atoms with Gasteiger partial charge in [0, 0.05) is 12.8 Å². The van der Waals surface area contributed by atoms with Crippen molar-refractivity contribution in [3.63, 3.8) is 0 Å². The lowest BCUT2D eigenvalue weighted by atomic mass is 9.69. The van der Waals surface area contributed by atoms with Gasteiger partial charge in [-0.3, -0.25) is 0 Å². The van der Waals surface area contributed by atoms with Crippen LogP contribution in [-0.2, 0) is 0 Å². The molecule has 0 aromatic heterocycles. The Morgan fingerprint density at radius 1 is 0.833 bits per heavy atom. The van der Waals surface area contributed by atoms with Crippen molar-refractivity contribution in [1.82, 2.24) is 0 Å². The van der Waals surface area contributed by atoms with Gasteiger partial charge in [-0.1, -0.05) is 19.3 Å². The molecule has 0 amide bonds. The predicted molar refractivity (Wildman–Crippen MR) is 44.2 cm³/mol. The van der Waals surface area contributed by atoms with Crippen molar-refractivity contribution in [3.05, 3.63) is 0 Å². The SMILES string of the molecule is FC1(F)CCC(C2CCC2)CC1. The Kier molecular flexibility index (Phi) is 2.09. The molecule has 0 spiro atoms. The van der Waals surface area contributed by atoms with Gasteiger partial charge in [-0.15, -0.1) is 0 Å². The molecule has 0 aromatic rings. The summed E-state index contributed by atoms with van der Waals surface area (Å²) in [6.07, 6.45) is 5.78. The number of hydrogen-bond acceptors (Lipinski definition) is 0. The number of alkyl halides is 2. The average molecular weight is 174 g/mol. The Bertz CT molecular complexity index is 151. The van der Waals surface area contributed by atoms with Crippen LogP contribution in [0.2, 0.25) is 0 Å². The van der Waals surface area contributed by atoms with Crippen molar-refractivity contribution < 1.29 is 8.78 Å². The fraction of sp³-hybridized carbons (Fsp3) is 1.00. The fourth-order valence-electron chi connectivity index (χ4n) is 2.45. The minimum Gasteiger partial charge on any atom is -0.207 e. The largest absolute Gasteiger partial charge is 0.248 e. The van der Waals surface area contributed by atoms with Crippen LogP contribution < -0.4 is 0 Å². The van der Waals surface area contributed by atoms with Crippen molar-refractivity contribution >= 4 is 0 Å². The first-order chi connectivity index (χ1) is 5.67. The third-order valence-electron chi connectivity index (χ3n) is 3.58. The topological polar surface area (TPSA) is 0 Å². The van der Waals surface area contributed by atoms with Crippen molar-refractivity contribution in [1.29, 1.82) is 0 Å². The summed E-state index contributed by atoms with van der Waals surface area (Å²) in [5.74, 6) is -0.889. The van der Waals surface area contributed by atoms with Crippen LogP contribution in [0.15, 0.2) is 0 Å². The molecule has 0 N–H and O–H groups in total. The van der Waals surface area contributed by atoms with Gasteiger partial charge >= 0.3 is 0 Å². The van der Waals surface area contributed by atoms with Gasteiger partial charge < -0.3 is 0 Å². The van der Waals surface area contributed by atoms with E-state index in [0.717, 1.165) is 18.8 Å². The molecule has 0 atom stereocenters. The Labute approximate surface area is 72.3 Å². The smallest absolute Gasteiger partial charge is 0.207 e. The zero-order chi connectivity index (χ0) is 8.60. The summed E-state index contributed by atoms with van der Waals surface area (Å²) in [6.45, 7) is 0. The number of rotatable bonds is 1. The Morgan fingerprint density at radius 3 is 1.75 bits per heavy atom. The summed E-state index contributed by atoms with van der Waals surface area (Å²) in [5.41, 5.74) is 0. The summed E-state index contributed by atoms with van der Waals surface area (Å²) in [6, 6.07) is 0. The van der Waals surface area contributed by atoms with Crippen LogP contribution in [-0.4, -0.2) is 5.92 Å². The first-order valence-electron chi connectivity index (χ1n) is 5.05. The predicted octanol–water partition coefficient (Wildman–Crippen LogP) is 3.61. The van der Waals surface area contributed by atoms with E-state index >= 15 is 0 Å². The molecule has 2 rings (SSSR count). The van der Waals surface area contributed by atoms with Gasteiger partial charge in [-0.05, 0) is 24.7 Å². The molecule has 2 fully saturated rings. The van der Waals surface area contributed by atoms with Gasteiger partial charge in [-0.25, -0.2) is 8.78 Å². The summed E-state index contributed by atoms with van der Waals surface area (Å²) < 4.78 is 25.5. The highest BCUT2D eigenvalue weighted by Gasteiger charge is 2.38. The molecule has 0 nitrogen and oxygen atoms in total. The van der Waals surface area contributed by atoms with E-state index in [1.807, 2.05) is 0 Å². The van der Waals surface area contributed by atoms with Crippen LogP contribution in [0.25, 0.3) is 0 Å². The van der Waals surface area contributed by atoms with E-state index < -0.39 is 5.92 Å². The average Bonchev–Trinajstić information content (AvgIpc) is 1.89. The van der Waals surface area contributed by atoms with E-state index in [4.69, 9.17) is 0 Å². The second-order valence-electron chi connectivity index (χ2n) is 4.38. The Morgan fingerprint density at radius 2 is 1.33 bits per heavy atom. The van der Waals surface area contributed by atoms with Gasteiger partial charge in [-0.2, -0.15) is 0 Å². The third kappa shape index (κ3) is 1.62. The molecule has 2 heteroatoms. The van der Waals surface area contributed by atoms with E-state index in [1.165, 1.54) is 19.3 Å². The molecule has 0 radical (unpaired) electrons. The highest BCUT2D eigenvalue weighted by molar-refractivity contribution is 4.84. The summed E-state index contributed by atoms with van der Waals surface area (Å²) >= 11 is 0. The molecular formula is C10H16F2. The van der Waals surface area contributed by atoms with Crippen molar-refractivity contribution in [2.24, 2.45) is 11.8 Å². The molecule has 2 aliphatic carbocycles. The number of hydrogen-bond donors (Lipinski definition) is 0. The fourth-order valence-corrected chi connectivity index (χ4v) is 2.45. The molecule has 12 heavy (non-hydrogen) atoms. The standard InChI is InChI=1S/C10H16F2/c11-10(12)6-4-9(5-7-10)8-2-1-3-8/h8-9H,1-7H2. The van der Waals surface area contributed by atoms with Gasteiger partial charge in [0.2, 0.25) is 5.92 Å². The zero-order valence-electron chi connectivity index (χ0n) is 7.36. The van der Waals surface area contributed by atoms with Crippen LogP contribution in [0.4, 0.5) is 8.78 Å². The molecule has 0 saturated heterocycles. The summed E-state index contributed by atoms with van der Waals surface area (Å²) in [4.78, 5) is 0. The van der Waals surface area contributed by atoms with Crippen molar-refractivity contribution in [2.45, 2.75) is 50.9 Å². The lowest BCUT2D eigenvalue weighted by Crippen LogP contribution is -2.31. The third-order valence-corrected chi connectivity index (χ3v) is 3.58. The zero-order valence-corrected chi connectivity index (χ0v) is 7.36. The van der Waals surface area contributed by atoms with E-state index in [-0.39, 0.29) is 12.8 Å². The molecule has 0 unspecified atom stereocenters. The first-order valence-corrected chi connectivity index (χ1v) is 5.05. The lowest BCUT2D eigenvalue weighted by Gasteiger charge is -2.38. The highest BCUT2D eigenvalue weighted by Crippen LogP contribution is 2.44. The first kappa shape index (κ1) is 8.46. The summed E-state index contributed by atoms with van der Waals surface area (Å²) in [5, 5.41) is 0. The second kappa shape index (κ2) is 2.97. The van der Waals surface area contributed by atoms with E-state index in [1.54, 1.807) is 0 Å². The number of halogens is 2. The van der Waals surface area contributed by atoms with Crippen LogP contribution >= 0.6 is 0 Å².